The standard InChI is InChI=1S/C20H16O4/c1-13(21)12-16(14-8-4-3-5-9-14)18-19(23-2)15-10-6-7-11-17(15)24-20(18)22/h3-12H,1-2H3/b16-12-. The summed E-state index contributed by atoms with van der Waals surface area (Å²) in [7, 11) is 1.50. The Kier molecular flexibility index (Phi) is 4.29. The minimum Gasteiger partial charge on any atom is -0.495 e. The van der Waals surface area contributed by atoms with E-state index in [1.165, 1.54) is 20.1 Å². The van der Waals surface area contributed by atoms with Crippen molar-refractivity contribution in [2.75, 3.05) is 7.11 Å². The van der Waals surface area contributed by atoms with Crippen LogP contribution < -0.4 is 10.4 Å². The van der Waals surface area contributed by atoms with Crippen molar-refractivity contribution in [2.24, 2.45) is 0 Å². The fourth-order valence-electron chi connectivity index (χ4n) is 2.69. The monoisotopic (exact) mass is 320 g/mol. The molecule has 0 spiro atoms. The van der Waals surface area contributed by atoms with Gasteiger partial charge in [-0.05, 0) is 30.7 Å². The van der Waals surface area contributed by atoms with E-state index in [4.69, 9.17) is 9.15 Å². The fraction of sp³-hybridized carbons (Fsp3) is 0.100. The number of hydrogen-bond donors (Lipinski definition) is 0. The van der Waals surface area contributed by atoms with Crippen LogP contribution in [0.25, 0.3) is 16.5 Å². The van der Waals surface area contributed by atoms with Gasteiger partial charge in [-0.2, -0.15) is 0 Å². The molecule has 0 aliphatic rings. The molecule has 4 heteroatoms. The van der Waals surface area contributed by atoms with Crippen LogP contribution in [0.3, 0.4) is 0 Å². The van der Waals surface area contributed by atoms with Crippen LogP contribution in [0.4, 0.5) is 0 Å². The summed E-state index contributed by atoms with van der Waals surface area (Å²) in [6, 6.07) is 16.4. The summed E-state index contributed by atoms with van der Waals surface area (Å²) in [6.07, 6.45) is 1.43. The van der Waals surface area contributed by atoms with Crippen LogP contribution in [0.5, 0.6) is 5.75 Å². The summed E-state index contributed by atoms with van der Waals surface area (Å²) >= 11 is 0. The van der Waals surface area contributed by atoms with Crippen molar-refractivity contribution >= 4 is 22.3 Å². The maximum Gasteiger partial charge on any atom is 0.348 e. The molecule has 3 aromatic rings. The SMILES string of the molecule is COc1c(/C(=C\C(C)=O)c2ccccc2)c(=O)oc2ccccc12. The molecule has 0 fully saturated rings. The van der Waals surface area contributed by atoms with E-state index in [9.17, 15) is 9.59 Å². The first-order valence-corrected chi connectivity index (χ1v) is 7.49. The van der Waals surface area contributed by atoms with Crippen LogP contribution in [0.2, 0.25) is 0 Å². The van der Waals surface area contributed by atoms with Gasteiger partial charge >= 0.3 is 5.63 Å². The average Bonchev–Trinajstić information content (AvgIpc) is 2.59. The number of carbonyl (C=O) groups is 1. The van der Waals surface area contributed by atoms with Crippen LogP contribution in [0, 0.1) is 0 Å². The summed E-state index contributed by atoms with van der Waals surface area (Å²) in [5.74, 6) is 0.238. The van der Waals surface area contributed by atoms with E-state index in [-0.39, 0.29) is 11.3 Å². The molecule has 0 bridgehead atoms. The molecule has 0 saturated heterocycles. The fourth-order valence-corrected chi connectivity index (χ4v) is 2.69. The zero-order chi connectivity index (χ0) is 17.1. The Morgan fingerprint density at radius 1 is 1.04 bits per heavy atom. The van der Waals surface area contributed by atoms with E-state index in [0.717, 1.165) is 5.56 Å². The zero-order valence-corrected chi connectivity index (χ0v) is 13.4. The molecule has 1 heterocycles. The number of hydrogen-bond acceptors (Lipinski definition) is 4. The van der Waals surface area contributed by atoms with Crippen LogP contribution >= 0.6 is 0 Å². The van der Waals surface area contributed by atoms with Gasteiger partial charge in [0.2, 0.25) is 0 Å². The summed E-state index contributed by atoms with van der Waals surface area (Å²) < 4.78 is 10.9. The summed E-state index contributed by atoms with van der Waals surface area (Å²) in [5, 5.41) is 0.681. The number of rotatable bonds is 4. The van der Waals surface area contributed by atoms with Crippen LogP contribution in [0.15, 0.2) is 69.9 Å². The van der Waals surface area contributed by atoms with Gasteiger partial charge in [0, 0.05) is 5.57 Å². The Bertz CT molecular complexity index is 981. The first-order valence-electron chi connectivity index (χ1n) is 7.49. The van der Waals surface area contributed by atoms with Crippen molar-refractivity contribution in [2.45, 2.75) is 6.92 Å². The average molecular weight is 320 g/mol. The molecular formula is C20H16O4. The highest BCUT2D eigenvalue weighted by Gasteiger charge is 2.20. The van der Waals surface area contributed by atoms with Crippen molar-refractivity contribution in [1.82, 2.24) is 0 Å². The first kappa shape index (κ1) is 15.7. The number of para-hydroxylation sites is 1. The van der Waals surface area contributed by atoms with E-state index in [2.05, 4.69) is 0 Å². The van der Waals surface area contributed by atoms with Crippen LogP contribution in [-0.2, 0) is 4.79 Å². The topological polar surface area (TPSA) is 56.5 Å². The number of methoxy groups -OCH3 is 1. The first-order chi connectivity index (χ1) is 11.6. The highest BCUT2D eigenvalue weighted by Crippen LogP contribution is 2.34. The Labute approximate surface area is 139 Å². The van der Waals surface area contributed by atoms with E-state index >= 15 is 0 Å². The normalized spacial score (nSPS) is 11.5. The minimum atomic E-state index is -0.540. The maximum atomic E-state index is 12.6. The summed E-state index contributed by atoms with van der Waals surface area (Å²) in [5.41, 5.74) is 1.38. The number of benzene rings is 2. The molecule has 0 aliphatic carbocycles. The predicted molar refractivity (Wildman–Crippen MR) is 93.2 cm³/mol. The second-order valence-electron chi connectivity index (χ2n) is 5.33. The van der Waals surface area contributed by atoms with Gasteiger partial charge in [0.1, 0.15) is 16.9 Å². The number of ether oxygens (including phenoxy) is 1. The summed E-state index contributed by atoms with van der Waals surface area (Å²) in [4.78, 5) is 24.3. The highest BCUT2D eigenvalue weighted by molar-refractivity contribution is 6.01. The number of fused-ring (bicyclic) bond motifs is 1. The van der Waals surface area contributed by atoms with E-state index in [0.29, 0.717) is 22.3 Å². The van der Waals surface area contributed by atoms with Gasteiger partial charge in [0.25, 0.3) is 0 Å². The third-order valence-electron chi connectivity index (χ3n) is 3.67. The van der Waals surface area contributed by atoms with Gasteiger partial charge in [-0.1, -0.05) is 42.5 Å². The number of ketones is 1. The third kappa shape index (κ3) is 2.86. The lowest BCUT2D eigenvalue weighted by Gasteiger charge is -2.13. The van der Waals surface area contributed by atoms with Crippen molar-refractivity contribution in [3.8, 4) is 5.75 Å². The molecule has 24 heavy (non-hydrogen) atoms. The van der Waals surface area contributed by atoms with Crippen molar-refractivity contribution in [3.05, 3.63) is 82.2 Å². The maximum absolute atomic E-state index is 12.6. The molecule has 0 atom stereocenters. The molecule has 0 radical (unpaired) electrons. The zero-order valence-electron chi connectivity index (χ0n) is 13.4. The molecule has 120 valence electrons. The molecule has 0 unspecified atom stereocenters. The lowest BCUT2D eigenvalue weighted by Crippen LogP contribution is -2.11. The molecule has 0 amide bonds. The van der Waals surface area contributed by atoms with Gasteiger partial charge in [-0.25, -0.2) is 4.79 Å². The van der Waals surface area contributed by atoms with Crippen LogP contribution in [0.1, 0.15) is 18.1 Å². The molecule has 2 aromatic carbocycles. The largest absolute Gasteiger partial charge is 0.495 e. The molecular weight excluding hydrogens is 304 g/mol. The van der Waals surface area contributed by atoms with Gasteiger partial charge in [0.15, 0.2) is 5.78 Å². The lowest BCUT2D eigenvalue weighted by atomic mass is 9.96. The smallest absolute Gasteiger partial charge is 0.348 e. The Hall–Kier alpha value is -3.14. The lowest BCUT2D eigenvalue weighted by molar-refractivity contribution is -0.112. The van der Waals surface area contributed by atoms with Crippen LogP contribution in [-0.4, -0.2) is 12.9 Å². The van der Waals surface area contributed by atoms with E-state index in [1.54, 1.807) is 12.1 Å². The van der Waals surface area contributed by atoms with E-state index < -0.39 is 5.63 Å². The molecule has 3 rings (SSSR count). The van der Waals surface area contributed by atoms with Gasteiger partial charge in [-0.3, -0.25) is 4.79 Å². The quantitative estimate of drug-likeness (QED) is 0.541. The molecule has 1 aromatic heterocycles. The third-order valence-corrected chi connectivity index (χ3v) is 3.67. The predicted octanol–water partition coefficient (Wildman–Crippen LogP) is 3.82. The molecule has 0 aliphatic heterocycles. The summed E-state index contributed by atoms with van der Waals surface area (Å²) in [6.45, 7) is 1.44. The van der Waals surface area contributed by atoms with Crippen molar-refractivity contribution in [3.63, 3.8) is 0 Å². The minimum absolute atomic E-state index is 0.163. The van der Waals surface area contributed by atoms with Gasteiger partial charge in [-0.15, -0.1) is 0 Å². The van der Waals surface area contributed by atoms with Crippen molar-refractivity contribution in [1.29, 1.82) is 0 Å². The van der Waals surface area contributed by atoms with E-state index in [1.807, 2.05) is 42.5 Å². The number of carbonyl (C=O) groups excluding carboxylic acids is 1. The van der Waals surface area contributed by atoms with Crippen molar-refractivity contribution < 1.29 is 13.9 Å². The number of allylic oxidation sites excluding steroid dienone is 1. The Balaban J connectivity index is 2.39. The Morgan fingerprint density at radius 2 is 1.71 bits per heavy atom. The molecule has 0 N–H and O–H groups in total. The Morgan fingerprint density at radius 3 is 2.38 bits per heavy atom. The second kappa shape index (κ2) is 6.54. The second-order valence-corrected chi connectivity index (χ2v) is 5.33. The molecule has 4 nitrogen and oxygen atoms in total. The highest BCUT2D eigenvalue weighted by atomic mass is 16.5. The molecule has 0 saturated carbocycles. The van der Waals surface area contributed by atoms with Gasteiger partial charge < -0.3 is 9.15 Å². The van der Waals surface area contributed by atoms with Gasteiger partial charge in [0.05, 0.1) is 12.5 Å².